The predicted octanol–water partition coefficient (Wildman–Crippen LogP) is 6.24. The molecule has 0 saturated heterocycles. The standard InChI is InChI=1S/C22H12N6S2/c29-11-23-15-5-7-17-19(9-15)27-21(25-17)13-1-2-14(4-3-13)22-26-18-8-6-16(24-12-30)10-20(18)28-22/h1-10H,(H,25,27)(H,26,28). The Balaban J connectivity index is 1.48. The predicted molar refractivity (Wildman–Crippen MR) is 126 cm³/mol. The lowest BCUT2D eigenvalue weighted by molar-refractivity contribution is 1.32. The molecule has 5 rings (SSSR count). The largest absolute Gasteiger partial charge is 0.338 e. The van der Waals surface area contributed by atoms with Crippen LogP contribution in [-0.4, -0.2) is 30.3 Å². The summed E-state index contributed by atoms with van der Waals surface area (Å²) < 4.78 is 0. The number of benzene rings is 3. The summed E-state index contributed by atoms with van der Waals surface area (Å²) in [5, 5.41) is 4.76. The summed E-state index contributed by atoms with van der Waals surface area (Å²) in [6.07, 6.45) is 0. The molecule has 2 N–H and O–H groups in total. The third-order valence-corrected chi connectivity index (χ3v) is 4.89. The van der Waals surface area contributed by atoms with E-state index in [1.54, 1.807) is 0 Å². The number of aromatic amines is 2. The molecule has 142 valence electrons. The van der Waals surface area contributed by atoms with Crippen molar-refractivity contribution < 1.29 is 0 Å². The van der Waals surface area contributed by atoms with Crippen molar-refractivity contribution in [1.82, 2.24) is 19.9 Å². The van der Waals surface area contributed by atoms with Gasteiger partial charge in [-0.05, 0) is 60.8 Å². The van der Waals surface area contributed by atoms with Crippen molar-refractivity contribution in [3.63, 3.8) is 0 Å². The maximum Gasteiger partial charge on any atom is 0.138 e. The van der Waals surface area contributed by atoms with Gasteiger partial charge in [0.15, 0.2) is 0 Å². The van der Waals surface area contributed by atoms with E-state index >= 15 is 0 Å². The Hall–Kier alpha value is -3.80. The number of fused-ring (bicyclic) bond motifs is 2. The normalized spacial score (nSPS) is 10.7. The molecule has 0 amide bonds. The zero-order valence-corrected chi connectivity index (χ0v) is 17.0. The fraction of sp³-hybridized carbons (Fsp3) is 0. The summed E-state index contributed by atoms with van der Waals surface area (Å²) in [5.74, 6) is 1.57. The maximum absolute atomic E-state index is 4.67. The minimum absolute atomic E-state index is 0.743. The Bertz CT molecular complexity index is 1390. The number of aliphatic imine (C=N–C) groups is 2. The van der Waals surface area contributed by atoms with Crippen LogP contribution < -0.4 is 0 Å². The molecule has 0 aliphatic carbocycles. The Kier molecular flexibility index (Phi) is 4.59. The van der Waals surface area contributed by atoms with Gasteiger partial charge in [0.2, 0.25) is 0 Å². The van der Waals surface area contributed by atoms with E-state index in [0.29, 0.717) is 0 Å². The van der Waals surface area contributed by atoms with Crippen LogP contribution in [0.3, 0.4) is 0 Å². The van der Waals surface area contributed by atoms with Gasteiger partial charge >= 0.3 is 0 Å². The van der Waals surface area contributed by atoms with Crippen molar-refractivity contribution in [1.29, 1.82) is 0 Å². The highest BCUT2D eigenvalue weighted by atomic mass is 32.1. The highest BCUT2D eigenvalue weighted by Gasteiger charge is 2.09. The van der Waals surface area contributed by atoms with Crippen LogP contribution in [0.4, 0.5) is 11.4 Å². The maximum atomic E-state index is 4.67. The molecule has 0 aliphatic rings. The molecule has 0 saturated carbocycles. The van der Waals surface area contributed by atoms with E-state index in [-0.39, 0.29) is 0 Å². The number of hydrogen-bond acceptors (Lipinski definition) is 6. The number of isothiocyanates is 2. The number of thiocarbonyl (C=S) groups is 2. The minimum atomic E-state index is 0.743. The molecule has 6 nitrogen and oxygen atoms in total. The van der Waals surface area contributed by atoms with Crippen LogP contribution in [0.2, 0.25) is 0 Å². The lowest BCUT2D eigenvalue weighted by Gasteiger charge is -1.99. The molecule has 0 atom stereocenters. The first-order chi connectivity index (χ1) is 14.7. The quantitative estimate of drug-likeness (QED) is 0.264. The molecule has 3 aromatic carbocycles. The first kappa shape index (κ1) is 18.2. The molecule has 5 aromatic rings. The summed E-state index contributed by atoms with van der Waals surface area (Å²) >= 11 is 9.34. The van der Waals surface area contributed by atoms with Gasteiger partial charge in [0.05, 0.1) is 43.8 Å². The van der Waals surface area contributed by atoms with Gasteiger partial charge in [0.1, 0.15) is 11.6 Å². The van der Waals surface area contributed by atoms with Gasteiger partial charge in [-0.15, -0.1) is 0 Å². The van der Waals surface area contributed by atoms with Crippen LogP contribution in [0, 0.1) is 0 Å². The van der Waals surface area contributed by atoms with Gasteiger partial charge in [-0.3, -0.25) is 0 Å². The zero-order valence-electron chi connectivity index (χ0n) is 15.4. The van der Waals surface area contributed by atoms with Crippen molar-refractivity contribution in [3.05, 3.63) is 60.7 Å². The fourth-order valence-corrected chi connectivity index (χ4v) is 3.51. The summed E-state index contributed by atoms with van der Waals surface area (Å²) in [6.45, 7) is 0. The Morgan fingerprint density at radius 1 is 0.633 bits per heavy atom. The van der Waals surface area contributed by atoms with E-state index in [4.69, 9.17) is 0 Å². The second-order valence-corrected chi connectivity index (χ2v) is 6.92. The monoisotopic (exact) mass is 424 g/mol. The van der Waals surface area contributed by atoms with Gasteiger partial charge < -0.3 is 9.97 Å². The van der Waals surface area contributed by atoms with Crippen LogP contribution >= 0.6 is 24.4 Å². The number of H-pyrrole nitrogens is 2. The summed E-state index contributed by atoms with van der Waals surface area (Å²) in [5.41, 5.74) is 6.96. The average Bonchev–Trinajstić information content (AvgIpc) is 3.38. The zero-order chi connectivity index (χ0) is 20.5. The lowest BCUT2D eigenvalue weighted by atomic mass is 10.1. The van der Waals surface area contributed by atoms with Crippen molar-refractivity contribution in [3.8, 4) is 22.8 Å². The minimum Gasteiger partial charge on any atom is -0.338 e. The summed E-state index contributed by atoms with van der Waals surface area (Å²) in [7, 11) is 0. The van der Waals surface area contributed by atoms with Crippen LogP contribution in [0.5, 0.6) is 0 Å². The van der Waals surface area contributed by atoms with E-state index in [1.165, 1.54) is 0 Å². The second kappa shape index (κ2) is 7.55. The van der Waals surface area contributed by atoms with Crippen molar-refractivity contribution in [2.24, 2.45) is 9.98 Å². The molecule has 30 heavy (non-hydrogen) atoms. The SMILES string of the molecule is S=C=Nc1ccc2nc(-c3ccc(-c4nc5ccc(N=C=S)cc5[nH]4)cc3)[nH]c2c1. The number of nitrogens with one attached hydrogen (secondary N) is 2. The molecule has 0 fully saturated rings. The first-order valence-electron chi connectivity index (χ1n) is 8.99. The van der Waals surface area contributed by atoms with Crippen molar-refractivity contribution >= 4 is 68.2 Å². The van der Waals surface area contributed by atoms with Gasteiger partial charge in [-0.1, -0.05) is 24.3 Å². The third kappa shape index (κ3) is 3.37. The van der Waals surface area contributed by atoms with Crippen LogP contribution in [0.15, 0.2) is 70.6 Å². The molecule has 0 aliphatic heterocycles. The fourth-order valence-electron chi connectivity index (χ4n) is 3.30. The van der Waals surface area contributed by atoms with Crippen LogP contribution in [-0.2, 0) is 0 Å². The number of aromatic nitrogens is 4. The topological polar surface area (TPSA) is 82.1 Å². The van der Waals surface area contributed by atoms with E-state index in [9.17, 15) is 0 Å². The molecule has 0 unspecified atom stereocenters. The number of hydrogen-bond donors (Lipinski definition) is 2. The molecule has 8 heteroatoms. The third-order valence-electron chi connectivity index (χ3n) is 4.71. The highest BCUT2D eigenvalue weighted by molar-refractivity contribution is 7.78. The second-order valence-electron chi connectivity index (χ2n) is 6.56. The van der Waals surface area contributed by atoms with Gasteiger partial charge in [-0.25, -0.2) is 9.97 Å². The summed E-state index contributed by atoms with van der Waals surface area (Å²) in [6, 6.07) is 19.4. The van der Waals surface area contributed by atoms with E-state index in [1.807, 2.05) is 60.7 Å². The first-order valence-corrected chi connectivity index (χ1v) is 9.81. The smallest absolute Gasteiger partial charge is 0.138 e. The van der Waals surface area contributed by atoms with E-state index < -0.39 is 0 Å². The van der Waals surface area contributed by atoms with E-state index in [0.717, 1.165) is 56.2 Å². The van der Waals surface area contributed by atoms with Crippen LogP contribution in [0.25, 0.3) is 44.8 Å². The Labute approximate surface area is 181 Å². The molecule has 0 spiro atoms. The van der Waals surface area contributed by atoms with Crippen molar-refractivity contribution in [2.45, 2.75) is 0 Å². The number of nitrogens with zero attached hydrogens (tertiary/aromatic N) is 4. The molecule has 2 aromatic heterocycles. The average molecular weight is 425 g/mol. The number of rotatable bonds is 4. The lowest BCUT2D eigenvalue weighted by Crippen LogP contribution is -1.83. The summed E-state index contributed by atoms with van der Waals surface area (Å²) in [4.78, 5) is 24.0. The molecular formula is C22H12N6S2. The van der Waals surface area contributed by atoms with Crippen LogP contribution in [0.1, 0.15) is 0 Å². The highest BCUT2D eigenvalue weighted by Crippen LogP contribution is 2.27. The molecule has 2 heterocycles. The van der Waals surface area contributed by atoms with Crippen molar-refractivity contribution in [2.75, 3.05) is 0 Å². The van der Waals surface area contributed by atoms with Gasteiger partial charge in [-0.2, -0.15) is 9.98 Å². The Morgan fingerprint density at radius 3 is 1.47 bits per heavy atom. The van der Waals surface area contributed by atoms with Gasteiger partial charge in [0, 0.05) is 11.1 Å². The molecule has 0 bridgehead atoms. The molecular weight excluding hydrogens is 412 g/mol. The van der Waals surface area contributed by atoms with E-state index in [2.05, 4.69) is 64.7 Å². The Morgan fingerprint density at radius 2 is 1.07 bits per heavy atom. The molecule has 0 radical (unpaired) electrons. The number of imidazole rings is 2. The van der Waals surface area contributed by atoms with Gasteiger partial charge in [0.25, 0.3) is 0 Å².